The van der Waals surface area contributed by atoms with E-state index in [0.29, 0.717) is 6.42 Å². The highest BCUT2D eigenvalue weighted by Crippen LogP contribution is 2.27. The van der Waals surface area contributed by atoms with E-state index in [4.69, 9.17) is 0 Å². The average molecular weight is 488 g/mol. The van der Waals surface area contributed by atoms with Crippen LogP contribution in [-0.4, -0.2) is 10.7 Å². The van der Waals surface area contributed by atoms with Crippen LogP contribution in [0, 0.1) is 9.39 Å². The Morgan fingerprint density at radius 2 is 1.43 bits per heavy atom. The minimum absolute atomic E-state index is 0.207. The highest BCUT2D eigenvalue weighted by molar-refractivity contribution is 14.1. The molecule has 3 aromatic carbocycles. The van der Waals surface area contributed by atoms with Crippen LogP contribution in [0.5, 0.6) is 0 Å². The second-order valence-corrected chi connectivity index (χ2v) is 8.62. The number of rotatable bonds is 9. The van der Waals surface area contributed by atoms with E-state index >= 15 is 0 Å². The fraction of sp³-hybridized carbons (Fsp3) is 0.280. The zero-order valence-electron chi connectivity index (χ0n) is 16.0. The predicted molar refractivity (Wildman–Crippen MR) is 122 cm³/mol. The summed E-state index contributed by atoms with van der Waals surface area (Å²) in [7, 11) is 0. The third kappa shape index (κ3) is 6.42. The van der Waals surface area contributed by atoms with Crippen LogP contribution in [0.1, 0.15) is 36.0 Å². The first kappa shape index (κ1) is 21.0. The van der Waals surface area contributed by atoms with Gasteiger partial charge >= 0.3 is 0 Å². The van der Waals surface area contributed by atoms with Crippen molar-refractivity contribution in [2.75, 3.05) is 0 Å². The second kappa shape index (κ2) is 10.2. The lowest BCUT2D eigenvalue weighted by molar-refractivity contribution is 0.0214. The fourth-order valence-electron chi connectivity index (χ4n) is 3.62. The molecule has 0 saturated carbocycles. The zero-order chi connectivity index (χ0) is 19.8. The van der Waals surface area contributed by atoms with Gasteiger partial charge in [-0.05, 0) is 89.6 Å². The molecule has 0 heterocycles. The van der Waals surface area contributed by atoms with Crippen molar-refractivity contribution >= 4 is 22.6 Å². The molecule has 0 fully saturated rings. The van der Waals surface area contributed by atoms with E-state index < -0.39 is 5.60 Å². The molecule has 3 aromatic rings. The third-order valence-electron chi connectivity index (χ3n) is 5.21. The van der Waals surface area contributed by atoms with Crippen molar-refractivity contribution in [3.8, 4) is 0 Å². The molecule has 1 N–H and O–H groups in total. The van der Waals surface area contributed by atoms with E-state index in [1.165, 1.54) is 21.3 Å². The van der Waals surface area contributed by atoms with E-state index in [1.54, 1.807) is 0 Å². The van der Waals surface area contributed by atoms with E-state index in [9.17, 15) is 9.50 Å². The molecule has 0 saturated heterocycles. The van der Waals surface area contributed by atoms with Gasteiger partial charge in [-0.2, -0.15) is 0 Å². The van der Waals surface area contributed by atoms with Gasteiger partial charge in [-0.1, -0.05) is 60.7 Å². The summed E-state index contributed by atoms with van der Waals surface area (Å²) >= 11 is 2.36. The van der Waals surface area contributed by atoms with Crippen LogP contribution in [0.15, 0.2) is 78.9 Å². The first-order valence-electron chi connectivity index (χ1n) is 9.78. The van der Waals surface area contributed by atoms with Crippen molar-refractivity contribution in [3.63, 3.8) is 0 Å². The quantitative estimate of drug-likeness (QED) is 0.348. The van der Waals surface area contributed by atoms with Gasteiger partial charge in [-0.25, -0.2) is 4.39 Å². The van der Waals surface area contributed by atoms with Crippen molar-refractivity contribution in [1.29, 1.82) is 0 Å². The molecule has 28 heavy (non-hydrogen) atoms. The predicted octanol–water partition coefficient (Wildman–Crippen LogP) is 6.36. The first-order valence-corrected chi connectivity index (χ1v) is 10.9. The molecule has 0 radical (unpaired) electrons. The molecule has 146 valence electrons. The summed E-state index contributed by atoms with van der Waals surface area (Å²) in [5.74, 6) is -0.207. The summed E-state index contributed by atoms with van der Waals surface area (Å²) < 4.78 is 14.3. The van der Waals surface area contributed by atoms with Gasteiger partial charge in [0.15, 0.2) is 0 Å². The lowest BCUT2D eigenvalue weighted by Crippen LogP contribution is -2.32. The molecule has 0 bridgehead atoms. The molecular weight excluding hydrogens is 462 g/mol. The third-order valence-corrected chi connectivity index (χ3v) is 6.27. The van der Waals surface area contributed by atoms with Crippen LogP contribution in [0.2, 0.25) is 0 Å². The number of benzene rings is 3. The summed E-state index contributed by atoms with van der Waals surface area (Å²) in [6.45, 7) is 0. The molecule has 0 aromatic heterocycles. The van der Waals surface area contributed by atoms with Gasteiger partial charge in [0.1, 0.15) is 5.82 Å². The van der Waals surface area contributed by atoms with Gasteiger partial charge in [0, 0.05) is 9.99 Å². The maximum absolute atomic E-state index is 13.1. The molecule has 3 rings (SSSR count). The number of aryl methyl sites for hydroxylation is 2. The summed E-state index contributed by atoms with van der Waals surface area (Å²) in [5, 5.41) is 11.5. The maximum Gasteiger partial charge on any atom is 0.123 e. The van der Waals surface area contributed by atoms with Crippen LogP contribution in [0.3, 0.4) is 0 Å². The largest absolute Gasteiger partial charge is 0.390 e. The monoisotopic (exact) mass is 488 g/mol. The van der Waals surface area contributed by atoms with E-state index in [0.717, 1.165) is 43.2 Å². The van der Waals surface area contributed by atoms with Crippen molar-refractivity contribution in [1.82, 2.24) is 0 Å². The Labute approximate surface area is 180 Å². The van der Waals surface area contributed by atoms with Crippen molar-refractivity contribution in [2.45, 2.75) is 44.1 Å². The molecule has 0 spiro atoms. The lowest BCUT2D eigenvalue weighted by Gasteiger charge is -2.29. The van der Waals surface area contributed by atoms with Gasteiger partial charge in [-0.15, -0.1) is 0 Å². The molecule has 0 aliphatic heterocycles. The van der Waals surface area contributed by atoms with Crippen LogP contribution >= 0.6 is 22.6 Å². The Balaban J connectivity index is 1.66. The topological polar surface area (TPSA) is 20.2 Å². The number of aliphatic hydroxyl groups is 1. The molecule has 1 unspecified atom stereocenters. The Bertz CT molecular complexity index is 863. The fourth-order valence-corrected chi connectivity index (χ4v) is 4.28. The minimum atomic E-state index is -0.750. The summed E-state index contributed by atoms with van der Waals surface area (Å²) in [5.41, 5.74) is 2.81. The van der Waals surface area contributed by atoms with Gasteiger partial charge in [0.2, 0.25) is 0 Å². The molecular formula is C25H26FIO. The Morgan fingerprint density at radius 3 is 2.14 bits per heavy atom. The Kier molecular flexibility index (Phi) is 7.63. The molecule has 3 heteroatoms. The van der Waals surface area contributed by atoms with Crippen molar-refractivity contribution in [3.05, 3.63) is 105 Å². The second-order valence-electron chi connectivity index (χ2n) is 7.46. The number of hydrogen-bond acceptors (Lipinski definition) is 1. The van der Waals surface area contributed by atoms with Crippen LogP contribution in [0.25, 0.3) is 0 Å². The highest BCUT2D eigenvalue weighted by atomic mass is 127. The number of hydrogen-bond donors (Lipinski definition) is 1. The first-order chi connectivity index (χ1) is 13.5. The molecule has 1 nitrogen and oxygen atoms in total. The van der Waals surface area contributed by atoms with Crippen molar-refractivity contribution < 1.29 is 9.50 Å². The van der Waals surface area contributed by atoms with E-state index in [-0.39, 0.29) is 5.82 Å². The highest BCUT2D eigenvalue weighted by Gasteiger charge is 2.27. The summed E-state index contributed by atoms with van der Waals surface area (Å²) in [6.07, 6.45) is 4.69. The molecule has 0 amide bonds. The van der Waals surface area contributed by atoms with Gasteiger partial charge < -0.3 is 5.11 Å². The smallest absolute Gasteiger partial charge is 0.123 e. The van der Waals surface area contributed by atoms with Crippen LogP contribution in [-0.2, 0) is 19.3 Å². The van der Waals surface area contributed by atoms with E-state index in [1.807, 2.05) is 36.4 Å². The number of halogens is 2. The summed E-state index contributed by atoms with van der Waals surface area (Å²) in [4.78, 5) is 0. The average Bonchev–Trinajstić information content (AvgIpc) is 2.70. The minimum Gasteiger partial charge on any atom is -0.390 e. The van der Waals surface area contributed by atoms with Crippen molar-refractivity contribution in [2.24, 2.45) is 0 Å². The van der Waals surface area contributed by atoms with Crippen LogP contribution in [0.4, 0.5) is 4.39 Å². The zero-order valence-corrected chi connectivity index (χ0v) is 18.1. The van der Waals surface area contributed by atoms with Gasteiger partial charge in [0.05, 0.1) is 5.60 Å². The molecule has 0 aliphatic carbocycles. The van der Waals surface area contributed by atoms with E-state index in [2.05, 4.69) is 52.9 Å². The van der Waals surface area contributed by atoms with Crippen LogP contribution < -0.4 is 0 Å². The maximum atomic E-state index is 13.1. The Morgan fingerprint density at radius 1 is 0.750 bits per heavy atom. The SMILES string of the molecule is OC(CCCc1ccc(F)cc1)(CCc1ccccc1I)Cc1ccccc1. The van der Waals surface area contributed by atoms with Gasteiger partial charge in [-0.3, -0.25) is 0 Å². The Hall–Kier alpha value is -1.72. The standard InChI is InChI=1S/C25H26FIO/c26-23-14-12-20(13-15-23)9-6-17-25(28,19-21-7-2-1-3-8-21)18-16-22-10-4-5-11-24(22)27/h1-5,7-8,10-15,28H,6,9,16-19H2. The molecule has 0 aliphatic rings. The molecule has 1 atom stereocenters. The summed E-state index contributed by atoms with van der Waals surface area (Å²) in [6, 6.07) is 25.2. The van der Waals surface area contributed by atoms with Gasteiger partial charge in [0.25, 0.3) is 0 Å². The lowest BCUT2D eigenvalue weighted by atomic mass is 9.84. The normalized spacial score (nSPS) is 13.2.